The molecule has 1 atom stereocenters. The highest BCUT2D eigenvalue weighted by Crippen LogP contribution is 2.25. The van der Waals surface area contributed by atoms with Crippen LogP contribution in [0.2, 0.25) is 0 Å². The van der Waals surface area contributed by atoms with Gasteiger partial charge in [0.05, 0.1) is 4.47 Å². The molecule has 0 saturated carbocycles. The first-order valence-corrected chi connectivity index (χ1v) is 7.10. The monoisotopic (exact) mass is 371 g/mol. The van der Waals surface area contributed by atoms with E-state index < -0.39 is 0 Å². The zero-order valence-corrected chi connectivity index (χ0v) is 12.7. The van der Waals surface area contributed by atoms with E-state index in [0.29, 0.717) is 10.9 Å². The van der Waals surface area contributed by atoms with Crippen molar-refractivity contribution in [1.82, 2.24) is 0 Å². The molecule has 0 saturated heterocycles. The summed E-state index contributed by atoms with van der Waals surface area (Å²) in [6.07, 6.45) is 0.592. The Morgan fingerprint density at radius 3 is 2.56 bits per heavy atom. The molecule has 94 valence electrons. The predicted octanol–water partition coefficient (Wildman–Crippen LogP) is 4.59. The van der Waals surface area contributed by atoms with Crippen LogP contribution in [0.4, 0.5) is 4.39 Å². The molecule has 1 nitrogen and oxygen atoms in total. The van der Waals surface area contributed by atoms with Gasteiger partial charge in [-0.2, -0.15) is 0 Å². The van der Waals surface area contributed by atoms with Crippen LogP contribution in [0, 0.1) is 5.82 Å². The molecule has 0 aliphatic carbocycles. The van der Waals surface area contributed by atoms with E-state index in [0.717, 1.165) is 15.6 Å². The smallest absolute Gasteiger partial charge is 0.137 e. The van der Waals surface area contributed by atoms with Crippen LogP contribution in [0.3, 0.4) is 0 Å². The average Bonchev–Trinajstić information content (AvgIpc) is 2.35. The summed E-state index contributed by atoms with van der Waals surface area (Å²) in [5.41, 5.74) is 8.06. The standard InChI is InChI=1S/C14H12Br2FN/c15-11-5-1-3-9(7-11)13(18)8-10-4-2-6-12(17)14(10)16/h1-7,13H,8,18H2. The van der Waals surface area contributed by atoms with E-state index in [1.807, 2.05) is 30.3 Å². The maximum absolute atomic E-state index is 13.4. The number of hydrogen-bond acceptors (Lipinski definition) is 1. The number of rotatable bonds is 3. The van der Waals surface area contributed by atoms with E-state index in [1.54, 1.807) is 6.07 Å². The van der Waals surface area contributed by atoms with Gasteiger partial charge >= 0.3 is 0 Å². The molecule has 0 bridgehead atoms. The van der Waals surface area contributed by atoms with Crippen molar-refractivity contribution in [3.8, 4) is 0 Å². The van der Waals surface area contributed by atoms with E-state index in [4.69, 9.17) is 5.73 Å². The molecule has 2 N–H and O–H groups in total. The molecular formula is C14H12Br2FN. The van der Waals surface area contributed by atoms with Crippen LogP contribution in [-0.4, -0.2) is 0 Å². The highest BCUT2D eigenvalue weighted by molar-refractivity contribution is 9.10. The lowest BCUT2D eigenvalue weighted by molar-refractivity contribution is 0.614. The minimum absolute atomic E-state index is 0.152. The van der Waals surface area contributed by atoms with Gasteiger partial charge in [-0.3, -0.25) is 0 Å². The molecule has 4 heteroatoms. The normalized spacial score (nSPS) is 12.4. The molecule has 2 rings (SSSR count). The van der Waals surface area contributed by atoms with Gasteiger partial charge in [0, 0.05) is 10.5 Å². The largest absolute Gasteiger partial charge is 0.324 e. The zero-order chi connectivity index (χ0) is 13.1. The molecule has 2 aromatic rings. The van der Waals surface area contributed by atoms with Crippen LogP contribution in [-0.2, 0) is 6.42 Å². The SMILES string of the molecule is NC(Cc1cccc(F)c1Br)c1cccc(Br)c1. The Bertz CT molecular complexity index is 557. The summed E-state index contributed by atoms with van der Waals surface area (Å²) in [4.78, 5) is 0. The van der Waals surface area contributed by atoms with Gasteiger partial charge in [0.2, 0.25) is 0 Å². The van der Waals surface area contributed by atoms with Gasteiger partial charge in [0.25, 0.3) is 0 Å². The lowest BCUT2D eigenvalue weighted by Gasteiger charge is -2.14. The molecule has 0 aromatic heterocycles. The average molecular weight is 373 g/mol. The van der Waals surface area contributed by atoms with Gasteiger partial charge in [0.15, 0.2) is 0 Å². The molecule has 0 heterocycles. The summed E-state index contributed by atoms with van der Waals surface area (Å²) >= 11 is 6.67. The molecule has 0 spiro atoms. The topological polar surface area (TPSA) is 26.0 Å². The molecule has 0 aliphatic rings. The Kier molecular flexibility index (Phi) is 4.54. The van der Waals surface area contributed by atoms with Crippen LogP contribution in [0.15, 0.2) is 51.4 Å². The molecule has 1 unspecified atom stereocenters. The number of halogens is 3. The van der Waals surface area contributed by atoms with Gasteiger partial charge in [-0.25, -0.2) is 4.39 Å². The second kappa shape index (κ2) is 5.95. The van der Waals surface area contributed by atoms with Crippen molar-refractivity contribution in [3.63, 3.8) is 0 Å². The van der Waals surface area contributed by atoms with Gasteiger partial charge in [-0.1, -0.05) is 40.2 Å². The molecule has 18 heavy (non-hydrogen) atoms. The van der Waals surface area contributed by atoms with Crippen molar-refractivity contribution in [3.05, 3.63) is 68.4 Å². The Balaban J connectivity index is 2.21. The molecular weight excluding hydrogens is 361 g/mol. The van der Waals surface area contributed by atoms with Crippen LogP contribution in [0.1, 0.15) is 17.2 Å². The predicted molar refractivity (Wildman–Crippen MR) is 78.9 cm³/mol. The summed E-state index contributed by atoms with van der Waals surface area (Å²) in [5.74, 6) is -0.256. The van der Waals surface area contributed by atoms with Crippen LogP contribution >= 0.6 is 31.9 Å². The van der Waals surface area contributed by atoms with Crippen molar-refractivity contribution in [1.29, 1.82) is 0 Å². The number of benzene rings is 2. The minimum Gasteiger partial charge on any atom is -0.324 e. The van der Waals surface area contributed by atoms with Crippen molar-refractivity contribution in [2.24, 2.45) is 5.73 Å². The van der Waals surface area contributed by atoms with Gasteiger partial charge in [0.1, 0.15) is 5.82 Å². The second-order valence-corrected chi connectivity index (χ2v) is 5.79. The second-order valence-electron chi connectivity index (χ2n) is 4.08. The molecule has 0 fully saturated rings. The third-order valence-corrected chi connectivity index (χ3v) is 4.13. The summed E-state index contributed by atoms with van der Waals surface area (Å²) in [7, 11) is 0. The van der Waals surface area contributed by atoms with Crippen molar-refractivity contribution >= 4 is 31.9 Å². The summed E-state index contributed by atoms with van der Waals surface area (Å²) in [5, 5.41) is 0. The van der Waals surface area contributed by atoms with Crippen LogP contribution in [0.25, 0.3) is 0 Å². The molecule has 0 radical (unpaired) electrons. The summed E-state index contributed by atoms with van der Waals surface area (Å²) in [6, 6.07) is 12.7. The Hall–Kier alpha value is -0.710. The fraction of sp³-hybridized carbons (Fsp3) is 0.143. The number of nitrogens with two attached hydrogens (primary N) is 1. The van der Waals surface area contributed by atoms with E-state index in [-0.39, 0.29) is 11.9 Å². The Labute approximate surface area is 122 Å². The molecule has 2 aromatic carbocycles. The molecule has 0 aliphatic heterocycles. The maximum atomic E-state index is 13.4. The van der Waals surface area contributed by atoms with Crippen LogP contribution < -0.4 is 5.73 Å². The fourth-order valence-corrected chi connectivity index (χ4v) is 2.64. The Morgan fingerprint density at radius 2 is 1.83 bits per heavy atom. The van der Waals surface area contributed by atoms with Gasteiger partial charge in [-0.05, 0) is 51.7 Å². The van der Waals surface area contributed by atoms with Crippen molar-refractivity contribution in [2.75, 3.05) is 0 Å². The third kappa shape index (κ3) is 3.19. The van der Waals surface area contributed by atoms with E-state index in [1.165, 1.54) is 6.07 Å². The van der Waals surface area contributed by atoms with Crippen LogP contribution in [0.5, 0.6) is 0 Å². The first-order chi connectivity index (χ1) is 8.58. The summed E-state index contributed by atoms with van der Waals surface area (Å²) < 4.78 is 14.9. The van der Waals surface area contributed by atoms with E-state index in [2.05, 4.69) is 31.9 Å². The summed E-state index contributed by atoms with van der Waals surface area (Å²) in [6.45, 7) is 0. The quantitative estimate of drug-likeness (QED) is 0.837. The lowest BCUT2D eigenvalue weighted by atomic mass is 10.00. The van der Waals surface area contributed by atoms with Gasteiger partial charge < -0.3 is 5.73 Å². The highest BCUT2D eigenvalue weighted by atomic mass is 79.9. The first kappa shape index (κ1) is 13.7. The zero-order valence-electron chi connectivity index (χ0n) is 9.54. The maximum Gasteiger partial charge on any atom is 0.137 e. The fourth-order valence-electron chi connectivity index (χ4n) is 1.80. The molecule has 0 amide bonds. The lowest BCUT2D eigenvalue weighted by Crippen LogP contribution is -2.13. The minimum atomic E-state index is -0.256. The van der Waals surface area contributed by atoms with Gasteiger partial charge in [-0.15, -0.1) is 0 Å². The third-order valence-electron chi connectivity index (χ3n) is 2.75. The highest BCUT2D eigenvalue weighted by Gasteiger charge is 2.11. The van der Waals surface area contributed by atoms with Crippen molar-refractivity contribution in [2.45, 2.75) is 12.5 Å². The van der Waals surface area contributed by atoms with E-state index >= 15 is 0 Å². The Morgan fingerprint density at radius 1 is 1.11 bits per heavy atom. The van der Waals surface area contributed by atoms with Crippen molar-refractivity contribution < 1.29 is 4.39 Å². The first-order valence-electron chi connectivity index (χ1n) is 5.52. The van der Waals surface area contributed by atoms with E-state index in [9.17, 15) is 4.39 Å². The number of hydrogen-bond donors (Lipinski definition) is 1.